The molecular weight excluding hydrogens is 301 g/mol. The van der Waals surface area contributed by atoms with Crippen molar-refractivity contribution in [3.8, 4) is 0 Å². The summed E-state index contributed by atoms with van der Waals surface area (Å²) in [4.78, 5) is 25.0. The number of rotatable bonds is 5. The molecule has 1 saturated heterocycles. The summed E-state index contributed by atoms with van der Waals surface area (Å²) in [6.45, 7) is 1.15. The van der Waals surface area contributed by atoms with Crippen LogP contribution in [0.15, 0.2) is 18.2 Å². The van der Waals surface area contributed by atoms with Gasteiger partial charge in [0.2, 0.25) is 0 Å². The predicted octanol–water partition coefficient (Wildman–Crippen LogP) is 3.12. The van der Waals surface area contributed by atoms with Gasteiger partial charge in [-0.15, -0.1) is 0 Å². The molecule has 108 valence electrons. The Balaban J connectivity index is 1.98. The molecule has 20 heavy (non-hydrogen) atoms. The first kappa shape index (κ1) is 15.3. The number of Topliss-reactive ketones (excluding diaryl/α,β-unsaturated/α-hetero) is 1. The van der Waals surface area contributed by atoms with Crippen LogP contribution in [0.25, 0.3) is 0 Å². The molecule has 0 amide bonds. The van der Waals surface area contributed by atoms with Crippen molar-refractivity contribution in [1.29, 1.82) is 0 Å². The molecule has 0 aromatic heterocycles. The number of carbonyl (C=O) groups excluding carboxylic acids is 1. The van der Waals surface area contributed by atoms with Crippen LogP contribution < -0.4 is 0 Å². The van der Waals surface area contributed by atoms with Crippen molar-refractivity contribution in [2.45, 2.75) is 25.3 Å². The number of hydrogen-bond acceptors (Lipinski definition) is 3. The fourth-order valence-electron chi connectivity index (χ4n) is 2.46. The Hall–Kier alpha value is -1.10. The van der Waals surface area contributed by atoms with Crippen molar-refractivity contribution in [2.75, 3.05) is 13.1 Å². The molecule has 1 fully saturated rings. The summed E-state index contributed by atoms with van der Waals surface area (Å²) in [5, 5.41) is 9.91. The summed E-state index contributed by atoms with van der Waals surface area (Å²) in [6.07, 6.45) is 1.73. The Labute approximate surface area is 127 Å². The van der Waals surface area contributed by atoms with Crippen molar-refractivity contribution in [3.05, 3.63) is 33.8 Å². The molecule has 1 unspecified atom stereocenters. The van der Waals surface area contributed by atoms with Crippen molar-refractivity contribution in [1.82, 2.24) is 4.90 Å². The van der Waals surface area contributed by atoms with E-state index in [1.807, 2.05) is 4.90 Å². The standard InChI is InChI=1S/C14H15Cl2NO3/c15-9-3-4-11(16)10(8-9)13(18)5-7-17-6-1-2-12(17)14(19)20/h3-4,8,12H,1-2,5-7H2,(H,19,20). The zero-order valence-corrected chi connectivity index (χ0v) is 12.3. The van der Waals surface area contributed by atoms with Crippen LogP contribution in [0.5, 0.6) is 0 Å². The highest BCUT2D eigenvalue weighted by molar-refractivity contribution is 6.35. The minimum absolute atomic E-state index is 0.117. The fourth-order valence-corrected chi connectivity index (χ4v) is 2.86. The molecule has 4 nitrogen and oxygen atoms in total. The van der Waals surface area contributed by atoms with Gasteiger partial charge < -0.3 is 5.11 Å². The number of halogens is 2. The zero-order valence-electron chi connectivity index (χ0n) is 10.8. The predicted molar refractivity (Wildman–Crippen MR) is 77.6 cm³/mol. The lowest BCUT2D eigenvalue weighted by atomic mass is 10.1. The average Bonchev–Trinajstić information content (AvgIpc) is 2.87. The molecular formula is C14H15Cl2NO3. The van der Waals surface area contributed by atoms with Crippen LogP contribution in [-0.2, 0) is 4.79 Å². The Morgan fingerprint density at radius 1 is 1.35 bits per heavy atom. The maximum atomic E-state index is 12.1. The monoisotopic (exact) mass is 315 g/mol. The van der Waals surface area contributed by atoms with Crippen molar-refractivity contribution >= 4 is 35.0 Å². The van der Waals surface area contributed by atoms with Crippen molar-refractivity contribution < 1.29 is 14.7 Å². The summed E-state index contributed by atoms with van der Waals surface area (Å²) in [5.41, 5.74) is 0.394. The normalized spacial score (nSPS) is 19.2. The van der Waals surface area contributed by atoms with Gasteiger partial charge in [-0.3, -0.25) is 14.5 Å². The van der Waals surface area contributed by atoms with E-state index in [4.69, 9.17) is 28.3 Å². The summed E-state index contributed by atoms with van der Waals surface area (Å²) in [7, 11) is 0. The SMILES string of the molecule is O=C(CCN1CCCC1C(=O)O)c1cc(Cl)ccc1Cl. The van der Waals surface area contributed by atoms with Gasteiger partial charge in [0, 0.05) is 23.6 Å². The first-order valence-electron chi connectivity index (χ1n) is 6.44. The number of carboxylic acid groups (broad SMARTS) is 1. The number of likely N-dealkylation sites (tertiary alicyclic amines) is 1. The molecule has 1 aromatic carbocycles. The van der Waals surface area contributed by atoms with Gasteiger partial charge in [0.15, 0.2) is 5.78 Å². The largest absolute Gasteiger partial charge is 0.480 e. The number of nitrogens with zero attached hydrogens (tertiary/aromatic N) is 1. The Kier molecular flexibility index (Phi) is 5.02. The Morgan fingerprint density at radius 3 is 2.80 bits per heavy atom. The van der Waals surface area contributed by atoms with Gasteiger partial charge in [0.25, 0.3) is 0 Å². The molecule has 1 aromatic rings. The van der Waals surface area contributed by atoms with E-state index in [-0.39, 0.29) is 12.2 Å². The van der Waals surface area contributed by atoms with Crippen LogP contribution in [0.3, 0.4) is 0 Å². The number of benzene rings is 1. The molecule has 0 spiro atoms. The van der Waals surface area contributed by atoms with E-state index in [1.165, 1.54) is 0 Å². The first-order valence-corrected chi connectivity index (χ1v) is 7.19. The molecule has 1 atom stereocenters. The third kappa shape index (κ3) is 3.51. The summed E-state index contributed by atoms with van der Waals surface area (Å²) in [6, 6.07) is 4.29. The lowest BCUT2D eigenvalue weighted by molar-refractivity contribution is -0.142. The van der Waals surface area contributed by atoms with E-state index in [0.29, 0.717) is 35.1 Å². The van der Waals surface area contributed by atoms with Crippen LogP contribution in [0.4, 0.5) is 0 Å². The van der Waals surface area contributed by atoms with Gasteiger partial charge in [-0.2, -0.15) is 0 Å². The number of carboxylic acids is 1. The van der Waals surface area contributed by atoms with Gasteiger partial charge in [-0.25, -0.2) is 0 Å². The maximum Gasteiger partial charge on any atom is 0.320 e. The molecule has 1 heterocycles. The fraction of sp³-hybridized carbons (Fsp3) is 0.429. The highest BCUT2D eigenvalue weighted by Crippen LogP contribution is 2.23. The van der Waals surface area contributed by atoms with E-state index < -0.39 is 12.0 Å². The topological polar surface area (TPSA) is 57.6 Å². The molecule has 1 N–H and O–H groups in total. The quantitative estimate of drug-likeness (QED) is 0.848. The minimum Gasteiger partial charge on any atom is -0.480 e. The van der Waals surface area contributed by atoms with E-state index >= 15 is 0 Å². The molecule has 0 saturated carbocycles. The van der Waals surface area contributed by atoms with Crippen LogP contribution in [0.1, 0.15) is 29.6 Å². The molecule has 6 heteroatoms. The van der Waals surface area contributed by atoms with E-state index in [1.54, 1.807) is 18.2 Å². The smallest absolute Gasteiger partial charge is 0.320 e. The van der Waals surface area contributed by atoms with Gasteiger partial charge in [0.1, 0.15) is 6.04 Å². The highest BCUT2D eigenvalue weighted by atomic mass is 35.5. The molecule has 1 aliphatic rings. The molecule has 0 bridgehead atoms. The minimum atomic E-state index is -0.823. The number of hydrogen-bond donors (Lipinski definition) is 1. The van der Waals surface area contributed by atoms with Crippen molar-refractivity contribution in [2.24, 2.45) is 0 Å². The van der Waals surface area contributed by atoms with Gasteiger partial charge in [-0.1, -0.05) is 23.2 Å². The van der Waals surface area contributed by atoms with Gasteiger partial charge >= 0.3 is 5.97 Å². The van der Waals surface area contributed by atoms with Gasteiger partial charge in [0.05, 0.1) is 5.02 Å². The first-order chi connectivity index (χ1) is 9.49. The van der Waals surface area contributed by atoms with E-state index in [0.717, 1.165) is 6.42 Å². The van der Waals surface area contributed by atoms with Gasteiger partial charge in [-0.05, 0) is 37.6 Å². The van der Waals surface area contributed by atoms with Crippen molar-refractivity contribution in [3.63, 3.8) is 0 Å². The summed E-state index contributed by atoms with van der Waals surface area (Å²) >= 11 is 11.8. The zero-order chi connectivity index (χ0) is 14.7. The summed E-state index contributed by atoms with van der Waals surface area (Å²) < 4.78 is 0. The van der Waals surface area contributed by atoms with Crippen LogP contribution in [0, 0.1) is 0 Å². The number of carbonyl (C=O) groups is 2. The second-order valence-corrected chi connectivity index (χ2v) is 5.67. The second kappa shape index (κ2) is 6.57. The maximum absolute atomic E-state index is 12.1. The van der Waals surface area contributed by atoms with E-state index in [9.17, 15) is 9.59 Å². The molecule has 1 aliphatic heterocycles. The average molecular weight is 316 g/mol. The van der Waals surface area contributed by atoms with E-state index in [2.05, 4.69) is 0 Å². The molecule has 2 rings (SSSR count). The highest BCUT2D eigenvalue weighted by Gasteiger charge is 2.30. The molecule has 0 aliphatic carbocycles. The third-order valence-electron chi connectivity index (χ3n) is 3.50. The molecule has 0 radical (unpaired) electrons. The van der Waals surface area contributed by atoms with Crippen LogP contribution >= 0.6 is 23.2 Å². The number of ketones is 1. The number of aliphatic carboxylic acids is 1. The third-order valence-corrected chi connectivity index (χ3v) is 4.07. The summed E-state index contributed by atoms with van der Waals surface area (Å²) in [5.74, 6) is -0.940. The van der Waals surface area contributed by atoms with Crippen LogP contribution in [0.2, 0.25) is 10.0 Å². The Bertz CT molecular complexity index is 533. The second-order valence-electron chi connectivity index (χ2n) is 4.83. The lowest BCUT2D eigenvalue weighted by Gasteiger charge is -2.20. The Morgan fingerprint density at radius 2 is 2.10 bits per heavy atom. The van der Waals surface area contributed by atoms with Crippen LogP contribution in [-0.4, -0.2) is 40.9 Å². The lowest BCUT2D eigenvalue weighted by Crippen LogP contribution is -2.37.